The van der Waals surface area contributed by atoms with Crippen molar-refractivity contribution in [3.8, 4) is 0 Å². The number of aryl methyl sites for hydroxylation is 1. The van der Waals surface area contributed by atoms with Gasteiger partial charge in [-0.3, -0.25) is 14.7 Å². The van der Waals surface area contributed by atoms with E-state index in [9.17, 15) is 9.59 Å². The van der Waals surface area contributed by atoms with E-state index in [1.807, 2.05) is 21.7 Å². The number of aromatic nitrogens is 5. The predicted molar refractivity (Wildman–Crippen MR) is 110 cm³/mol. The van der Waals surface area contributed by atoms with Crippen LogP contribution in [0.2, 0.25) is 0 Å². The monoisotopic (exact) mass is 396 g/mol. The highest BCUT2D eigenvalue weighted by molar-refractivity contribution is 5.76. The topological polar surface area (TPSA) is 88.3 Å². The lowest BCUT2D eigenvalue weighted by Crippen LogP contribution is -2.28. The normalized spacial score (nSPS) is 17.3. The number of hydrogen-bond acceptors (Lipinski definition) is 4. The van der Waals surface area contributed by atoms with E-state index in [0.717, 1.165) is 37.3 Å². The number of amides is 1. The first kappa shape index (κ1) is 19.4. The average Bonchev–Trinajstić information content (AvgIpc) is 3.40. The minimum Gasteiger partial charge on any atom is -0.342 e. The van der Waals surface area contributed by atoms with E-state index in [1.54, 1.807) is 18.6 Å². The summed E-state index contributed by atoms with van der Waals surface area (Å²) in [4.78, 5) is 35.8. The average molecular weight is 396 g/mol. The maximum Gasteiger partial charge on any atom is 0.272 e. The lowest BCUT2D eigenvalue weighted by molar-refractivity contribution is -0.130. The number of hydrogen-bond donors (Lipinski definition) is 1. The molecule has 1 aliphatic heterocycles. The van der Waals surface area contributed by atoms with Gasteiger partial charge >= 0.3 is 0 Å². The summed E-state index contributed by atoms with van der Waals surface area (Å²) in [5, 5.41) is 3.15. The number of fused-ring (bicyclic) bond motifs is 1. The fourth-order valence-electron chi connectivity index (χ4n) is 3.82. The van der Waals surface area contributed by atoms with Crippen molar-refractivity contribution in [1.82, 2.24) is 29.0 Å². The highest BCUT2D eigenvalue weighted by atomic mass is 16.2. The van der Waals surface area contributed by atoms with Crippen LogP contribution in [-0.4, -0.2) is 48.0 Å². The summed E-state index contributed by atoms with van der Waals surface area (Å²) >= 11 is 0. The summed E-state index contributed by atoms with van der Waals surface area (Å²) in [5.41, 5.74) is 2.20. The highest BCUT2D eigenvalue weighted by Crippen LogP contribution is 2.27. The molecule has 0 aromatic carbocycles. The molecule has 0 radical (unpaired) electrons. The Bertz CT molecular complexity index is 1060. The molecule has 1 aliphatic rings. The van der Waals surface area contributed by atoms with Crippen LogP contribution in [0.15, 0.2) is 35.6 Å². The van der Waals surface area contributed by atoms with Gasteiger partial charge in [-0.1, -0.05) is 20.8 Å². The quantitative estimate of drug-likeness (QED) is 0.717. The van der Waals surface area contributed by atoms with Crippen LogP contribution in [0.5, 0.6) is 0 Å². The number of imidazole rings is 1. The number of carbonyl (C=O) groups excluding carboxylic acids is 1. The van der Waals surface area contributed by atoms with Gasteiger partial charge in [-0.15, -0.1) is 0 Å². The van der Waals surface area contributed by atoms with Crippen LogP contribution in [0.3, 0.4) is 0 Å². The molecule has 1 saturated heterocycles. The zero-order chi connectivity index (χ0) is 20.6. The molecule has 8 heteroatoms. The SMILES string of the molecule is CC(C)(C)c1cc2nc(C3CCN(C(=O)CCCn4ccnc4)C3)cc(=O)n2[nH]1. The molecular formula is C21H28N6O2. The van der Waals surface area contributed by atoms with Crippen molar-refractivity contribution in [3.63, 3.8) is 0 Å². The van der Waals surface area contributed by atoms with Gasteiger partial charge in [0.15, 0.2) is 5.65 Å². The van der Waals surface area contributed by atoms with Crippen LogP contribution in [0.4, 0.5) is 0 Å². The zero-order valence-corrected chi connectivity index (χ0v) is 17.3. The molecule has 8 nitrogen and oxygen atoms in total. The van der Waals surface area contributed by atoms with E-state index < -0.39 is 0 Å². The Balaban J connectivity index is 1.42. The van der Waals surface area contributed by atoms with Gasteiger partial charge in [0, 0.05) is 67.6 Å². The molecule has 0 saturated carbocycles. The van der Waals surface area contributed by atoms with Gasteiger partial charge in [0.2, 0.25) is 5.91 Å². The van der Waals surface area contributed by atoms with Crippen molar-refractivity contribution in [1.29, 1.82) is 0 Å². The Morgan fingerprint density at radius 3 is 2.86 bits per heavy atom. The van der Waals surface area contributed by atoms with Crippen LogP contribution >= 0.6 is 0 Å². The molecular weight excluding hydrogens is 368 g/mol. The first-order valence-electron chi connectivity index (χ1n) is 10.2. The molecule has 3 aromatic rings. The number of likely N-dealkylation sites (tertiary alicyclic amines) is 1. The number of carbonyl (C=O) groups is 1. The molecule has 1 N–H and O–H groups in total. The summed E-state index contributed by atoms with van der Waals surface area (Å²) < 4.78 is 3.48. The number of rotatable bonds is 5. The second kappa shape index (κ2) is 7.50. The Morgan fingerprint density at radius 1 is 1.31 bits per heavy atom. The van der Waals surface area contributed by atoms with Crippen LogP contribution < -0.4 is 5.56 Å². The van der Waals surface area contributed by atoms with Crippen molar-refractivity contribution < 1.29 is 4.79 Å². The van der Waals surface area contributed by atoms with Crippen molar-refractivity contribution >= 4 is 11.6 Å². The second-order valence-corrected chi connectivity index (χ2v) is 8.86. The minimum atomic E-state index is -0.106. The Hall–Kier alpha value is -2.90. The van der Waals surface area contributed by atoms with E-state index in [0.29, 0.717) is 18.6 Å². The number of H-pyrrole nitrogens is 1. The van der Waals surface area contributed by atoms with Gasteiger partial charge in [0.25, 0.3) is 5.56 Å². The van der Waals surface area contributed by atoms with E-state index in [-0.39, 0.29) is 22.8 Å². The smallest absolute Gasteiger partial charge is 0.272 e. The molecule has 0 spiro atoms. The molecule has 4 heterocycles. The summed E-state index contributed by atoms with van der Waals surface area (Å²) in [6.45, 7) is 8.42. The Morgan fingerprint density at radius 2 is 2.14 bits per heavy atom. The van der Waals surface area contributed by atoms with Crippen molar-refractivity contribution in [2.75, 3.05) is 13.1 Å². The van der Waals surface area contributed by atoms with Crippen LogP contribution in [0.25, 0.3) is 5.65 Å². The molecule has 0 bridgehead atoms. The van der Waals surface area contributed by atoms with Gasteiger partial charge in [0.05, 0.1) is 12.0 Å². The molecule has 0 aliphatic carbocycles. The summed E-state index contributed by atoms with van der Waals surface area (Å²) in [6.07, 6.45) is 7.57. The summed E-state index contributed by atoms with van der Waals surface area (Å²) in [6, 6.07) is 3.55. The summed E-state index contributed by atoms with van der Waals surface area (Å²) in [5.74, 6) is 0.278. The fourth-order valence-corrected chi connectivity index (χ4v) is 3.82. The van der Waals surface area contributed by atoms with Gasteiger partial charge in [-0.2, -0.15) is 0 Å². The van der Waals surface area contributed by atoms with Crippen LogP contribution in [0, 0.1) is 0 Å². The number of nitrogens with one attached hydrogen (secondary N) is 1. The predicted octanol–water partition coefficient (Wildman–Crippen LogP) is 2.31. The maximum atomic E-state index is 12.6. The largest absolute Gasteiger partial charge is 0.342 e. The molecule has 4 rings (SSSR count). The van der Waals surface area contributed by atoms with Crippen LogP contribution in [-0.2, 0) is 16.8 Å². The first-order valence-corrected chi connectivity index (χ1v) is 10.2. The Kier molecular flexibility index (Phi) is 5.02. The van der Waals surface area contributed by atoms with Gasteiger partial charge < -0.3 is 9.47 Å². The molecule has 3 aromatic heterocycles. The van der Waals surface area contributed by atoms with Gasteiger partial charge in [-0.05, 0) is 12.8 Å². The van der Waals surface area contributed by atoms with E-state index in [1.165, 1.54) is 4.52 Å². The van der Waals surface area contributed by atoms with Gasteiger partial charge in [0.1, 0.15) is 0 Å². The van der Waals surface area contributed by atoms with Crippen molar-refractivity contribution in [3.05, 3.63) is 52.6 Å². The highest BCUT2D eigenvalue weighted by Gasteiger charge is 2.29. The third-order valence-electron chi connectivity index (χ3n) is 5.60. The second-order valence-electron chi connectivity index (χ2n) is 8.86. The van der Waals surface area contributed by atoms with E-state index >= 15 is 0 Å². The standard InChI is InChI=1S/C21H28N6O2/c1-21(2,3)17-12-18-23-16(11-20(29)27(18)24-17)15-6-9-26(13-15)19(28)5-4-8-25-10-7-22-14-25/h7,10-12,14-15,24H,4-6,8-9,13H2,1-3H3. The molecule has 1 fully saturated rings. The molecule has 1 amide bonds. The Labute approximate surface area is 169 Å². The first-order chi connectivity index (χ1) is 13.8. The van der Waals surface area contributed by atoms with Crippen molar-refractivity contribution in [2.45, 2.75) is 57.9 Å². The third-order valence-corrected chi connectivity index (χ3v) is 5.60. The molecule has 154 valence electrons. The number of aromatic amines is 1. The molecule has 1 atom stereocenters. The summed E-state index contributed by atoms with van der Waals surface area (Å²) in [7, 11) is 0. The van der Waals surface area contributed by atoms with Gasteiger partial charge in [-0.25, -0.2) is 14.5 Å². The van der Waals surface area contributed by atoms with Crippen molar-refractivity contribution in [2.24, 2.45) is 0 Å². The third kappa shape index (κ3) is 4.11. The maximum absolute atomic E-state index is 12.6. The minimum absolute atomic E-state index is 0.0897. The van der Waals surface area contributed by atoms with E-state index in [2.05, 4.69) is 30.9 Å². The lowest BCUT2D eigenvalue weighted by Gasteiger charge is -2.16. The number of nitrogens with zero attached hydrogens (tertiary/aromatic N) is 5. The van der Waals surface area contributed by atoms with Crippen LogP contribution in [0.1, 0.15) is 57.3 Å². The fraction of sp³-hybridized carbons (Fsp3) is 0.524. The zero-order valence-electron chi connectivity index (χ0n) is 17.3. The molecule has 1 unspecified atom stereocenters. The van der Waals surface area contributed by atoms with E-state index in [4.69, 9.17) is 4.98 Å². The lowest BCUT2D eigenvalue weighted by atomic mass is 9.93. The molecule has 29 heavy (non-hydrogen) atoms.